The second kappa shape index (κ2) is 8.69. The summed E-state index contributed by atoms with van der Waals surface area (Å²) in [6, 6.07) is 14.2. The molecule has 168 valence electrons. The van der Waals surface area contributed by atoms with Gasteiger partial charge in [0.25, 0.3) is 5.91 Å². The number of carbonyl (C=O) groups excluding carboxylic acids is 2. The Bertz CT molecular complexity index is 1220. The van der Waals surface area contributed by atoms with E-state index in [2.05, 4.69) is 5.32 Å². The zero-order valence-electron chi connectivity index (χ0n) is 16.9. The third kappa shape index (κ3) is 4.20. The standard InChI is InChI=1S/C23H16F3N3O3S/c24-23(25,26)19-10-18(7-6-16(19)11-27)29-20(30)22(28-21(29)31,17-8-9-33-13-17)14-32-12-15-4-2-1-3-5-15/h1-10,13H,12,14H2,(H,28,31). The first-order valence-corrected chi connectivity index (χ1v) is 10.6. The largest absolute Gasteiger partial charge is 0.417 e. The molecule has 2 aromatic carbocycles. The van der Waals surface area contributed by atoms with Gasteiger partial charge >= 0.3 is 12.2 Å². The molecule has 6 nitrogen and oxygen atoms in total. The molecule has 1 aliphatic rings. The minimum absolute atomic E-state index is 0.172. The van der Waals surface area contributed by atoms with Crippen LogP contribution in [0.5, 0.6) is 0 Å². The molecular formula is C23H16F3N3O3S. The highest BCUT2D eigenvalue weighted by Gasteiger charge is 2.54. The number of hydrogen-bond donors (Lipinski definition) is 1. The zero-order valence-corrected chi connectivity index (χ0v) is 17.7. The van der Waals surface area contributed by atoms with Gasteiger partial charge in [-0.15, -0.1) is 0 Å². The van der Waals surface area contributed by atoms with Gasteiger partial charge in [0.05, 0.1) is 36.1 Å². The molecule has 0 aliphatic carbocycles. The first-order chi connectivity index (χ1) is 15.8. The first kappa shape index (κ1) is 22.5. The predicted octanol–water partition coefficient (Wildman–Crippen LogP) is 4.81. The Morgan fingerprint density at radius 1 is 1.12 bits per heavy atom. The number of rotatable bonds is 6. The Morgan fingerprint density at radius 3 is 2.52 bits per heavy atom. The maximum absolute atomic E-state index is 13.5. The van der Waals surface area contributed by atoms with Gasteiger partial charge < -0.3 is 10.1 Å². The van der Waals surface area contributed by atoms with Crippen LogP contribution in [0.15, 0.2) is 65.4 Å². The van der Waals surface area contributed by atoms with Crippen LogP contribution in [0.2, 0.25) is 0 Å². The summed E-state index contributed by atoms with van der Waals surface area (Å²) >= 11 is 1.30. The second-order valence-electron chi connectivity index (χ2n) is 7.31. The van der Waals surface area contributed by atoms with Crippen LogP contribution >= 0.6 is 11.3 Å². The van der Waals surface area contributed by atoms with Crippen molar-refractivity contribution in [3.05, 3.63) is 87.6 Å². The Labute approximate surface area is 190 Å². The highest BCUT2D eigenvalue weighted by Crippen LogP contribution is 2.38. The summed E-state index contributed by atoms with van der Waals surface area (Å²) in [5, 5.41) is 15.0. The lowest BCUT2D eigenvalue weighted by Gasteiger charge is -2.26. The molecule has 4 rings (SSSR count). The van der Waals surface area contributed by atoms with Crippen molar-refractivity contribution in [2.45, 2.75) is 18.3 Å². The number of hydrogen-bond acceptors (Lipinski definition) is 5. The number of thiophene rings is 1. The fourth-order valence-electron chi connectivity index (χ4n) is 3.59. The van der Waals surface area contributed by atoms with Crippen LogP contribution in [0, 0.1) is 11.3 Å². The van der Waals surface area contributed by atoms with E-state index in [1.165, 1.54) is 17.4 Å². The lowest BCUT2D eigenvalue weighted by molar-refractivity contribution is -0.137. The molecule has 0 spiro atoms. The fraction of sp³-hybridized carbons (Fsp3) is 0.174. The number of halogens is 3. The van der Waals surface area contributed by atoms with Crippen molar-refractivity contribution in [2.24, 2.45) is 0 Å². The van der Waals surface area contributed by atoms with E-state index in [1.807, 2.05) is 30.3 Å². The number of nitrogens with zero attached hydrogens (tertiary/aromatic N) is 2. The molecule has 3 aromatic rings. The average Bonchev–Trinajstić information content (AvgIpc) is 3.41. The summed E-state index contributed by atoms with van der Waals surface area (Å²) in [5.74, 6) is -0.767. The van der Waals surface area contributed by atoms with Crippen molar-refractivity contribution < 1.29 is 27.5 Å². The molecular weight excluding hydrogens is 455 g/mol. The number of carbonyl (C=O) groups is 2. The van der Waals surface area contributed by atoms with Gasteiger partial charge in [-0.25, -0.2) is 9.69 Å². The topological polar surface area (TPSA) is 82.4 Å². The third-order valence-corrected chi connectivity index (χ3v) is 5.91. The summed E-state index contributed by atoms with van der Waals surface area (Å²) in [5.41, 5.74) is -2.40. The van der Waals surface area contributed by atoms with Crippen LogP contribution < -0.4 is 10.2 Å². The number of ether oxygens (including phenoxy) is 1. The van der Waals surface area contributed by atoms with Gasteiger partial charge in [-0.1, -0.05) is 30.3 Å². The van der Waals surface area contributed by atoms with E-state index in [0.29, 0.717) is 16.5 Å². The number of nitriles is 1. The van der Waals surface area contributed by atoms with E-state index in [1.54, 1.807) is 16.8 Å². The molecule has 1 aromatic heterocycles. The molecule has 0 saturated carbocycles. The molecule has 0 bridgehead atoms. The SMILES string of the molecule is N#Cc1ccc(N2C(=O)NC(COCc3ccccc3)(c3ccsc3)C2=O)cc1C(F)(F)F. The molecule has 1 fully saturated rings. The van der Waals surface area contributed by atoms with Crippen molar-refractivity contribution in [2.75, 3.05) is 11.5 Å². The zero-order chi connectivity index (χ0) is 23.6. The van der Waals surface area contributed by atoms with Crippen molar-refractivity contribution >= 4 is 29.0 Å². The number of alkyl halides is 3. The van der Waals surface area contributed by atoms with Crippen LogP contribution in [0.1, 0.15) is 22.3 Å². The maximum atomic E-state index is 13.5. The Morgan fingerprint density at radius 2 is 1.88 bits per heavy atom. The van der Waals surface area contributed by atoms with E-state index in [0.717, 1.165) is 17.7 Å². The number of imide groups is 1. The normalized spacial score (nSPS) is 18.3. The van der Waals surface area contributed by atoms with Crippen molar-refractivity contribution in [1.82, 2.24) is 5.32 Å². The molecule has 33 heavy (non-hydrogen) atoms. The molecule has 0 radical (unpaired) electrons. The van der Waals surface area contributed by atoms with Crippen LogP contribution in [0.3, 0.4) is 0 Å². The quantitative estimate of drug-likeness (QED) is 0.524. The smallest absolute Gasteiger partial charge is 0.373 e. The highest BCUT2D eigenvalue weighted by atomic mass is 32.1. The second-order valence-corrected chi connectivity index (χ2v) is 8.09. The summed E-state index contributed by atoms with van der Waals surface area (Å²) in [6.07, 6.45) is -4.83. The van der Waals surface area contributed by atoms with Crippen LogP contribution in [0.4, 0.5) is 23.7 Å². The van der Waals surface area contributed by atoms with E-state index in [4.69, 9.17) is 10.00 Å². The number of urea groups is 1. The minimum Gasteiger partial charge on any atom is -0.373 e. The molecule has 1 aliphatic heterocycles. The number of nitrogens with one attached hydrogen (secondary N) is 1. The summed E-state index contributed by atoms with van der Waals surface area (Å²) < 4.78 is 46.0. The molecule has 1 N–H and O–H groups in total. The molecule has 1 unspecified atom stereocenters. The Balaban J connectivity index is 1.68. The van der Waals surface area contributed by atoms with Crippen LogP contribution in [0.25, 0.3) is 0 Å². The molecule has 3 amide bonds. The Kier molecular flexibility index (Phi) is 5.93. The van der Waals surface area contributed by atoms with E-state index < -0.39 is 34.8 Å². The predicted molar refractivity (Wildman–Crippen MR) is 114 cm³/mol. The van der Waals surface area contributed by atoms with Gasteiger partial charge in [-0.2, -0.15) is 29.8 Å². The van der Waals surface area contributed by atoms with Gasteiger partial charge in [-0.3, -0.25) is 4.79 Å². The van der Waals surface area contributed by atoms with Crippen molar-refractivity contribution in [1.29, 1.82) is 5.26 Å². The maximum Gasteiger partial charge on any atom is 0.417 e. The van der Waals surface area contributed by atoms with Crippen LogP contribution in [-0.4, -0.2) is 18.5 Å². The number of anilines is 1. The summed E-state index contributed by atoms with van der Waals surface area (Å²) in [6.45, 7) is -0.0485. The van der Waals surface area contributed by atoms with Crippen LogP contribution in [-0.2, 0) is 27.9 Å². The number of amides is 3. The van der Waals surface area contributed by atoms with Gasteiger partial charge in [-0.05, 0) is 40.6 Å². The third-order valence-electron chi connectivity index (χ3n) is 5.22. The van der Waals surface area contributed by atoms with Gasteiger partial charge in [0.2, 0.25) is 0 Å². The monoisotopic (exact) mass is 471 g/mol. The van der Waals surface area contributed by atoms with E-state index in [-0.39, 0.29) is 18.9 Å². The molecule has 1 saturated heterocycles. The molecule has 10 heteroatoms. The Hall–Kier alpha value is -3.68. The van der Waals surface area contributed by atoms with Gasteiger partial charge in [0.15, 0.2) is 5.54 Å². The van der Waals surface area contributed by atoms with E-state index in [9.17, 15) is 22.8 Å². The lowest BCUT2D eigenvalue weighted by atomic mass is 9.93. The molecule has 2 heterocycles. The lowest BCUT2D eigenvalue weighted by Crippen LogP contribution is -2.47. The summed E-state index contributed by atoms with van der Waals surface area (Å²) in [4.78, 5) is 27.0. The average molecular weight is 471 g/mol. The first-order valence-electron chi connectivity index (χ1n) is 9.68. The summed E-state index contributed by atoms with van der Waals surface area (Å²) in [7, 11) is 0. The van der Waals surface area contributed by atoms with Crippen molar-refractivity contribution in [3.63, 3.8) is 0 Å². The fourth-order valence-corrected chi connectivity index (χ4v) is 4.32. The van der Waals surface area contributed by atoms with E-state index >= 15 is 0 Å². The highest BCUT2D eigenvalue weighted by molar-refractivity contribution is 7.08. The number of benzene rings is 2. The van der Waals surface area contributed by atoms with Gasteiger partial charge in [0, 0.05) is 5.56 Å². The minimum atomic E-state index is -4.83. The van der Waals surface area contributed by atoms with Gasteiger partial charge in [0.1, 0.15) is 0 Å². The molecule has 1 atom stereocenters. The van der Waals surface area contributed by atoms with Crippen molar-refractivity contribution in [3.8, 4) is 6.07 Å².